The number of methoxy groups -OCH3 is 1. The molecule has 0 heterocycles. The predicted octanol–water partition coefficient (Wildman–Crippen LogP) is -0.0702. The van der Waals surface area contributed by atoms with Crippen molar-refractivity contribution in [3.63, 3.8) is 0 Å². The molecular formula is C6H15NO3. The molecule has 0 aromatic carbocycles. The van der Waals surface area contributed by atoms with E-state index in [0.717, 1.165) is 6.42 Å². The SMILES string of the molecule is COCCOCCCON. The highest BCUT2D eigenvalue weighted by molar-refractivity contribution is 4.32. The summed E-state index contributed by atoms with van der Waals surface area (Å²) in [6, 6.07) is 0. The van der Waals surface area contributed by atoms with Crippen LogP contribution in [0.2, 0.25) is 0 Å². The first kappa shape index (κ1) is 9.84. The summed E-state index contributed by atoms with van der Waals surface area (Å²) in [5.41, 5.74) is 0. The Morgan fingerprint density at radius 2 is 1.90 bits per heavy atom. The van der Waals surface area contributed by atoms with Crippen LogP contribution in [-0.4, -0.2) is 33.5 Å². The van der Waals surface area contributed by atoms with E-state index in [2.05, 4.69) is 4.84 Å². The average molecular weight is 149 g/mol. The third kappa shape index (κ3) is 7.84. The minimum absolute atomic E-state index is 0.549. The van der Waals surface area contributed by atoms with E-state index in [1.165, 1.54) is 0 Å². The average Bonchev–Trinajstić information content (AvgIpc) is 1.97. The summed E-state index contributed by atoms with van der Waals surface area (Å²) in [5.74, 6) is 4.79. The summed E-state index contributed by atoms with van der Waals surface area (Å²) in [7, 11) is 1.65. The summed E-state index contributed by atoms with van der Waals surface area (Å²) in [6.45, 7) is 2.51. The van der Waals surface area contributed by atoms with Crippen molar-refractivity contribution in [1.29, 1.82) is 0 Å². The molecule has 0 unspecified atom stereocenters. The van der Waals surface area contributed by atoms with E-state index in [9.17, 15) is 0 Å². The molecule has 0 aromatic rings. The highest BCUT2D eigenvalue weighted by atomic mass is 16.6. The lowest BCUT2D eigenvalue weighted by Crippen LogP contribution is -2.07. The summed E-state index contributed by atoms with van der Waals surface area (Å²) >= 11 is 0. The van der Waals surface area contributed by atoms with Gasteiger partial charge in [0, 0.05) is 13.7 Å². The lowest BCUT2D eigenvalue weighted by molar-refractivity contribution is 0.0514. The van der Waals surface area contributed by atoms with E-state index in [0.29, 0.717) is 26.4 Å². The van der Waals surface area contributed by atoms with Gasteiger partial charge in [-0.1, -0.05) is 0 Å². The Balaban J connectivity index is 2.65. The first-order valence-corrected chi connectivity index (χ1v) is 3.30. The Kier molecular flexibility index (Phi) is 8.70. The van der Waals surface area contributed by atoms with E-state index in [1.54, 1.807) is 7.11 Å². The molecule has 0 aliphatic carbocycles. The zero-order valence-electron chi connectivity index (χ0n) is 6.34. The van der Waals surface area contributed by atoms with Crippen LogP contribution in [0, 0.1) is 0 Å². The molecule has 0 aliphatic rings. The zero-order chi connectivity index (χ0) is 7.66. The lowest BCUT2D eigenvalue weighted by Gasteiger charge is -2.01. The van der Waals surface area contributed by atoms with Gasteiger partial charge in [0.15, 0.2) is 0 Å². The fourth-order valence-corrected chi connectivity index (χ4v) is 0.489. The first-order chi connectivity index (χ1) is 4.91. The maximum Gasteiger partial charge on any atom is 0.0701 e. The molecule has 0 saturated carbocycles. The number of rotatable bonds is 7. The molecule has 0 amide bonds. The molecule has 0 radical (unpaired) electrons. The van der Waals surface area contributed by atoms with E-state index < -0.39 is 0 Å². The van der Waals surface area contributed by atoms with Gasteiger partial charge in [-0.25, -0.2) is 5.90 Å². The van der Waals surface area contributed by atoms with Gasteiger partial charge in [-0.05, 0) is 6.42 Å². The topological polar surface area (TPSA) is 53.7 Å². The van der Waals surface area contributed by atoms with Crippen LogP contribution in [0.1, 0.15) is 6.42 Å². The van der Waals surface area contributed by atoms with Crippen LogP contribution in [0.5, 0.6) is 0 Å². The molecule has 4 nitrogen and oxygen atoms in total. The molecule has 62 valence electrons. The van der Waals surface area contributed by atoms with Crippen molar-refractivity contribution in [3.8, 4) is 0 Å². The zero-order valence-corrected chi connectivity index (χ0v) is 6.34. The van der Waals surface area contributed by atoms with Crippen LogP contribution in [0.3, 0.4) is 0 Å². The predicted molar refractivity (Wildman–Crippen MR) is 37.5 cm³/mol. The van der Waals surface area contributed by atoms with E-state index in [4.69, 9.17) is 15.4 Å². The highest BCUT2D eigenvalue weighted by Gasteiger charge is 1.87. The molecule has 4 heteroatoms. The van der Waals surface area contributed by atoms with Gasteiger partial charge in [0.2, 0.25) is 0 Å². The Labute approximate surface area is 61.2 Å². The number of hydrogen-bond donors (Lipinski definition) is 1. The van der Waals surface area contributed by atoms with Gasteiger partial charge in [-0.3, -0.25) is 0 Å². The van der Waals surface area contributed by atoms with Crippen LogP contribution in [0.4, 0.5) is 0 Å². The molecule has 2 N–H and O–H groups in total. The molecule has 0 aromatic heterocycles. The number of nitrogens with two attached hydrogens (primary N) is 1. The van der Waals surface area contributed by atoms with Gasteiger partial charge in [-0.15, -0.1) is 0 Å². The molecule has 0 fully saturated rings. The number of ether oxygens (including phenoxy) is 2. The van der Waals surface area contributed by atoms with E-state index >= 15 is 0 Å². The third-order valence-corrected chi connectivity index (χ3v) is 0.983. The normalized spacial score (nSPS) is 10.2. The van der Waals surface area contributed by atoms with Crippen molar-refractivity contribution in [2.45, 2.75) is 6.42 Å². The van der Waals surface area contributed by atoms with Crippen molar-refractivity contribution >= 4 is 0 Å². The van der Waals surface area contributed by atoms with Gasteiger partial charge in [-0.2, -0.15) is 0 Å². The molecular weight excluding hydrogens is 134 g/mol. The van der Waals surface area contributed by atoms with Crippen molar-refractivity contribution in [3.05, 3.63) is 0 Å². The summed E-state index contributed by atoms with van der Waals surface area (Å²) in [6.07, 6.45) is 0.834. The standard InChI is InChI=1S/C6H15NO3/c1-8-5-6-9-3-2-4-10-7/h2-7H2,1H3. The Bertz CT molecular complexity index is 53.0. The molecule has 0 atom stereocenters. The fraction of sp³-hybridized carbons (Fsp3) is 1.00. The molecule has 0 rings (SSSR count). The van der Waals surface area contributed by atoms with E-state index in [-0.39, 0.29) is 0 Å². The van der Waals surface area contributed by atoms with Crippen molar-refractivity contribution in [1.82, 2.24) is 0 Å². The molecule has 0 saturated heterocycles. The highest BCUT2D eigenvalue weighted by Crippen LogP contribution is 1.81. The Morgan fingerprint density at radius 3 is 2.50 bits per heavy atom. The smallest absolute Gasteiger partial charge is 0.0701 e. The van der Waals surface area contributed by atoms with E-state index in [1.807, 2.05) is 0 Å². The lowest BCUT2D eigenvalue weighted by atomic mass is 10.5. The Morgan fingerprint density at radius 1 is 1.10 bits per heavy atom. The quantitative estimate of drug-likeness (QED) is 0.406. The van der Waals surface area contributed by atoms with Crippen molar-refractivity contribution in [2.75, 3.05) is 33.5 Å². The largest absolute Gasteiger partial charge is 0.382 e. The molecule has 0 aliphatic heterocycles. The van der Waals surface area contributed by atoms with Crippen LogP contribution >= 0.6 is 0 Å². The minimum Gasteiger partial charge on any atom is -0.382 e. The maximum absolute atomic E-state index is 5.12. The minimum atomic E-state index is 0.549. The van der Waals surface area contributed by atoms with Gasteiger partial charge in [0.25, 0.3) is 0 Å². The van der Waals surface area contributed by atoms with Gasteiger partial charge >= 0.3 is 0 Å². The summed E-state index contributed by atoms with van der Waals surface area (Å²) in [5, 5.41) is 0. The van der Waals surface area contributed by atoms with Crippen molar-refractivity contribution in [2.24, 2.45) is 5.90 Å². The molecule has 0 spiro atoms. The van der Waals surface area contributed by atoms with Crippen LogP contribution < -0.4 is 5.90 Å². The fourth-order valence-electron chi connectivity index (χ4n) is 0.489. The van der Waals surface area contributed by atoms with Gasteiger partial charge in [0.05, 0.1) is 19.8 Å². The monoisotopic (exact) mass is 149 g/mol. The second-order valence-electron chi connectivity index (χ2n) is 1.83. The van der Waals surface area contributed by atoms with Crippen LogP contribution in [-0.2, 0) is 14.3 Å². The van der Waals surface area contributed by atoms with Gasteiger partial charge < -0.3 is 14.3 Å². The second-order valence-corrected chi connectivity index (χ2v) is 1.83. The summed E-state index contributed by atoms with van der Waals surface area (Å²) in [4.78, 5) is 4.34. The van der Waals surface area contributed by atoms with Gasteiger partial charge in [0.1, 0.15) is 0 Å². The maximum atomic E-state index is 5.12. The molecule has 10 heavy (non-hydrogen) atoms. The molecule has 0 bridgehead atoms. The van der Waals surface area contributed by atoms with Crippen molar-refractivity contribution < 1.29 is 14.3 Å². The Hall–Kier alpha value is -0.160. The second kappa shape index (κ2) is 8.84. The number of hydrogen-bond acceptors (Lipinski definition) is 4. The van der Waals surface area contributed by atoms with Crippen LogP contribution in [0.15, 0.2) is 0 Å². The first-order valence-electron chi connectivity index (χ1n) is 3.30. The summed E-state index contributed by atoms with van der Waals surface area (Å²) < 4.78 is 9.88. The third-order valence-electron chi connectivity index (χ3n) is 0.983. The van der Waals surface area contributed by atoms with Crippen LogP contribution in [0.25, 0.3) is 0 Å².